The molecule has 1 aliphatic carbocycles. The van der Waals surface area contributed by atoms with E-state index in [2.05, 4.69) is 4.98 Å². The van der Waals surface area contributed by atoms with Gasteiger partial charge >= 0.3 is 0 Å². The maximum Gasteiger partial charge on any atom is 0.106 e. The average molecular weight is 192 g/mol. The summed E-state index contributed by atoms with van der Waals surface area (Å²) in [6.07, 6.45) is 3.88. The number of nitrogens with two attached hydrogens (primary N) is 1. The minimum absolute atomic E-state index is 0.280. The number of hydrogen-bond acceptors (Lipinski definition) is 3. The largest absolute Gasteiger partial charge is 0.383 e. The molecular weight excluding hydrogens is 176 g/mol. The van der Waals surface area contributed by atoms with Crippen LogP contribution in [0.15, 0.2) is 18.3 Å². The summed E-state index contributed by atoms with van der Waals surface area (Å²) < 4.78 is 0. The molecule has 1 atom stereocenters. The Balaban J connectivity index is 2.31. The summed E-state index contributed by atoms with van der Waals surface area (Å²) in [6, 6.07) is 3.84. The van der Waals surface area contributed by atoms with Crippen molar-refractivity contribution in [3.05, 3.63) is 29.6 Å². The first kappa shape index (κ1) is 9.62. The third kappa shape index (κ3) is 1.53. The number of rotatable bonds is 3. The summed E-state index contributed by atoms with van der Waals surface area (Å²) in [6.45, 7) is 2.21. The van der Waals surface area contributed by atoms with Gasteiger partial charge in [-0.15, -0.1) is 0 Å². The lowest BCUT2D eigenvalue weighted by Gasteiger charge is -2.26. The van der Waals surface area contributed by atoms with Crippen LogP contribution in [0.1, 0.15) is 24.1 Å². The summed E-state index contributed by atoms with van der Waals surface area (Å²) in [5, 5.41) is 10.4. The molecule has 3 nitrogen and oxygen atoms in total. The third-order valence-electron chi connectivity index (χ3n) is 2.98. The Bertz CT molecular complexity index is 319. The molecule has 76 valence electrons. The van der Waals surface area contributed by atoms with Gasteiger partial charge in [-0.3, -0.25) is 4.98 Å². The molecule has 0 spiro atoms. The van der Waals surface area contributed by atoms with Crippen molar-refractivity contribution in [2.75, 3.05) is 6.54 Å². The van der Waals surface area contributed by atoms with Crippen LogP contribution < -0.4 is 5.73 Å². The molecule has 3 N–H and O–H groups in total. The van der Waals surface area contributed by atoms with E-state index < -0.39 is 5.60 Å². The zero-order valence-electron chi connectivity index (χ0n) is 8.40. The van der Waals surface area contributed by atoms with Crippen molar-refractivity contribution in [1.82, 2.24) is 4.98 Å². The highest BCUT2D eigenvalue weighted by Gasteiger charge is 2.44. The first-order valence-electron chi connectivity index (χ1n) is 5.02. The van der Waals surface area contributed by atoms with E-state index in [-0.39, 0.29) is 6.54 Å². The van der Waals surface area contributed by atoms with E-state index in [1.165, 1.54) is 0 Å². The Kier molecular flexibility index (Phi) is 2.29. The smallest absolute Gasteiger partial charge is 0.106 e. The molecule has 1 unspecified atom stereocenters. The molecule has 1 aromatic heterocycles. The van der Waals surface area contributed by atoms with Gasteiger partial charge in [0.25, 0.3) is 0 Å². The van der Waals surface area contributed by atoms with Crippen molar-refractivity contribution in [2.45, 2.75) is 25.4 Å². The maximum atomic E-state index is 10.4. The number of pyridine rings is 1. The van der Waals surface area contributed by atoms with Crippen molar-refractivity contribution in [1.29, 1.82) is 0 Å². The Morgan fingerprint density at radius 2 is 2.29 bits per heavy atom. The van der Waals surface area contributed by atoms with E-state index in [0.29, 0.717) is 5.92 Å². The predicted octanol–water partition coefficient (Wildman–Crippen LogP) is 0.946. The van der Waals surface area contributed by atoms with Gasteiger partial charge in [0.15, 0.2) is 0 Å². The Hall–Kier alpha value is -0.930. The molecule has 0 bridgehead atoms. The molecule has 0 amide bonds. The summed E-state index contributed by atoms with van der Waals surface area (Å²) in [5.41, 5.74) is 6.61. The number of hydrogen-bond donors (Lipinski definition) is 2. The first-order chi connectivity index (χ1) is 6.66. The van der Waals surface area contributed by atoms with E-state index in [9.17, 15) is 5.11 Å². The summed E-state index contributed by atoms with van der Waals surface area (Å²) in [5.74, 6) is 0.331. The van der Waals surface area contributed by atoms with Gasteiger partial charge in [0, 0.05) is 24.0 Å². The molecule has 0 saturated heterocycles. The SMILES string of the molecule is Cc1ccc(C(O)(CN)C2CC2)cn1. The zero-order chi connectivity index (χ0) is 10.2. The molecule has 1 saturated carbocycles. The lowest BCUT2D eigenvalue weighted by Crippen LogP contribution is -2.37. The average Bonchev–Trinajstić information content (AvgIpc) is 3.01. The topological polar surface area (TPSA) is 59.1 Å². The lowest BCUT2D eigenvalue weighted by molar-refractivity contribution is 0.0219. The van der Waals surface area contributed by atoms with Crippen molar-refractivity contribution < 1.29 is 5.11 Å². The van der Waals surface area contributed by atoms with E-state index in [0.717, 1.165) is 24.1 Å². The van der Waals surface area contributed by atoms with Gasteiger partial charge in [-0.2, -0.15) is 0 Å². The van der Waals surface area contributed by atoms with Crippen LogP contribution in [0, 0.1) is 12.8 Å². The normalized spacial score (nSPS) is 20.5. The van der Waals surface area contributed by atoms with E-state index in [4.69, 9.17) is 5.73 Å². The number of aryl methyl sites for hydroxylation is 1. The monoisotopic (exact) mass is 192 g/mol. The van der Waals surface area contributed by atoms with Crippen molar-refractivity contribution in [3.63, 3.8) is 0 Å². The summed E-state index contributed by atoms with van der Waals surface area (Å²) in [4.78, 5) is 4.19. The molecule has 14 heavy (non-hydrogen) atoms. The molecule has 1 aliphatic rings. The highest BCUT2D eigenvalue weighted by atomic mass is 16.3. The van der Waals surface area contributed by atoms with Crippen molar-refractivity contribution in [3.8, 4) is 0 Å². The fourth-order valence-electron chi connectivity index (χ4n) is 1.81. The summed E-state index contributed by atoms with van der Waals surface area (Å²) >= 11 is 0. The minimum atomic E-state index is -0.847. The Morgan fingerprint density at radius 1 is 1.57 bits per heavy atom. The number of aliphatic hydroxyl groups is 1. The van der Waals surface area contributed by atoms with Crippen LogP contribution in [0.4, 0.5) is 0 Å². The van der Waals surface area contributed by atoms with Crippen molar-refractivity contribution in [2.24, 2.45) is 11.7 Å². The van der Waals surface area contributed by atoms with Gasteiger partial charge in [-0.25, -0.2) is 0 Å². The molecule has 0 aliphatic heterocycles. The third-order valence-corrected chi connectivity index (χ3v) is 2.98. The lowest BCUT2D eigenvalue weighted by atomic mass is 9.90. The predicted molar refractivity (Wildman–Crippen MR) is 54.6 cm³/mol. The number of aromatic nitrogens is 1. The number of nitrogens with zero attached hydrogens (tertiary/aromatic N) is 1. The van der Waals surface area contributed by atoms with Crippen LogP contribution in [0.3, 0.4) is 0 Å². The second kappa shape index (κ2) is 3.33. The maximum absolute atomic E-state index is 10.4. The Morgan fingerprint density at radius 3 is 2.71 bits per heavy atom. The highest BCUT2D eigenvalue weighted by molar-refractivity contribution is 5.23. The van der Waals surface area contributed by atoms with Crippen LogP contribution in [0.2, 0.25) is 0 Å². The highest BCUT2D eigenvalue weighted by Crippen LogP contribution is 2.44. The van der Waals surface area contributed by atoms with Crippen LogP contribution >= 0.6 is 0 Å². The molecule has 1 aromatic rings. The van der Waals surface area contributed by atoms with E-state index in [1.54, 1.807) is 6.20 Å². The zero-order valence-corrected chi connectivity index (χ0v) is 8.40. The molecule has 3 heteroatoms. The van der Waals surface area contributed by atoms with Gasteiger partial charge in [-0.1, -0.05) is 6.07 Å². The molecule has 1 heterocycles. The van der Waals surface area contributed by atoms with Crippen LogP contribution in [-0.4, -0.2) is 16.6 Å². The van der Waals surface area contributed by atoms with E-state index >= 15 is 0 Å². The first-order valence-corrected chi connectivity index (χ1v) is 5.02. The summed E-state index contributed by atoms with van der Waals surface area (Å²) in [7, 11) is 0. The van der Waals surface area contributed by atoms with E-state index in [1.807, 2.05) is 19.1 Å². The fraction of sp³-hybridized carbons (Fsp3) is 0.545. The Labute approximate surface area is 84.0 Å². The van der Waals surface area contributed by atoms with Crippen LogP contribution in [-0.2, 0) is 5.60 Å². The molecule has 1 fully saturated rings. The fourth-order valence-corrected chi connectivity index (χ4v) is 1.81. The molecular formula is C11H16N2O. The molecule has 2 rings (SSSR count). The van der Waals surface area contributed by atoms with Gasteiger partial charge < -0.3 is 10.8 Å². The minimum Gasteiger partial charge on any atom is -0.383 e. The van der Waals surface area contributed by atoms with Gasteiger partial charge in [0.2, 0.25) is 0 Å². The quantitative estimate of drug-likeness (QED) is 0.749. The molecule has 0 radical (unpaired) electrons. The van der Waals surface area contributed by atoms with Gasteiger partial charge in [0.05, 0.1) is 0 Å². The second-order valence-corrected chi connectivity index (χ2v) is 4.09. The van der Waals surface area contributed by atoms with Gasteiger partial charge in [-0.05, 0) is 31.7 Å². The van der Waals surface area contributed by atoms with Crippen molar-refractivity contribution >= 4 is 0 Å². The molecule has 0 aromatic carbocycles. The van der Waals surface area contributed by atoms with Crippen LogP contribution in [0.5, 0.6) is 0 Å². The van der Waals surface area contributed by atoms with Crippen LogP contribution in [0.25, 0.3) is 0 Å². The van der Waals surface area contributed by atoms with Gasteiger partial charge in [0.1, 0.15) is 5.60 Å². The second-order valence-electron chi connectivity index (χ2n) is 4.09. The standard InChI is InChI=1S/C11H16N2O/c1-8-2-3-10(6-13-8)11(14,7-12)9-4-5-9/h2-3,6,9,14H,4-5,7,12H2,1H3.